The quantitative estimate of drug-likeness (QED) is 0.456. The number of carbonyl (C=O) groups is 1. The molecule has 2 N–H and O–H groups in total. The lowest BCUT2D eigenvalue weighted by atomic mass is 9.88. The number of aromatic nitrogens is 4. The van der Waals surface area contributed by atoms with Crippen LogP contribution in [0.1, 0.15) is 35.6 Å². The maximum absolute atomic E-state index is 10.8. The minimum absolute atomic E-state index is 0.798. The van der Waals surface area contributed by atoms with E-state index in [-0.39, 0.29) is 0 Å². The van der Waals surface area contributed by atoms with Crippen molar-refractivity contribution >= 4 is 34.1 Å². The highest BCUT2D eigenvalue weighted by atomic mass is 16.4. The van der Waals surface area contributed by atoms with Gasteiger partial charge in [0.25, 0.3) is 0 Å². The Kier molecular flexibility index (Phi) is 5.48. The number of nitrogens with one attached hydrogen (secondary N) is 1. The van der Waals surface area contributed by atoms with Gasteiger partial charge in [0.1, 0.15) is 6.33 Å². The van der Waals surface area contributed by atoms with Crippen LogP contribution in [-0.4, -0.2) is 31.2 Å². The predicted octanol–water partition coefficient (Wildman–Crippen LogP) is 4.82. The van der Waals surface area contributed by atoms with Gasteiger partial charge in [0.15, 0.2) is 0 Å². The molecule has 0 fully saturated rings. The van der Waals surface area contributed by atoms with E-state index in [9.17, 15) is 4.79 Å². The van der Waals surface area contributed by atoms with Crippen molar-refractivity contribution in [2.24, 2.45) is 0 Å². The van der Waals surface area contributed by atoms with Crippen LogP contribution < -0.4 is 0 Å². The molecule has 6 nitrogen and oxygen atoms in total. The van der Waals surface area contributed by atoms with Gasteiger partial charge in [-0.25, -0.2) is 14.8 Å². The fourth-order valence-corrected chi connectivity index (χ4v) is 3.52. The Morgan fingerprint density at radius 2 is 1.73 bits per heavy atom. The zero-order valence-corrected chi connectivity index (χ0v) is 16.4. The highest BCUT2D eigenvalue weighted by Crippen LogP contribution is 2.35. The number of rotatable bonds is 6. The van der Waals surface area contributed by atoms with E-state index >= 15 is 0 Å². The molecule has 0 aliphatic carbocycles. The summed E-state index contributed by atoms with van der Waals surface area (Å²) in [7, 11) is 0. The molecule has 0 saturated heterocycles. The molecule has 0 spiro atoms. The normalized spacial score (nSPS) is 12.3. The molecule has 0 aliphatic heterocycles. The molecule has 148 valence electrons. The van der Waals surface area contributed by atoms with E-state index in [1.54, 1.807) is 6.08 Å². The van der Waals surface area contributed by atoms with Gasteiger partial charge in [-0.2, -0.15) is 5.10 Å². The van der Waals surface area contributed by atoms with Crippen molar-refractivity contribution in [1.82, 2.24) is 20.2 Å². The van der Waals surface area contributed by atoms with E-state index in [0.717, 1.165) is 56.8 Å². The molecule has 0 aliphatic rings. The summed E-state index contributed by atoms with van der Waals surface area (Å²) in [6.07, 6.45) is 10.5. The zero-order valence-electron chi connectivity index (χ0n) is 16.4. The molecular formula is C24H20N4O2. The first-order valence-corrected chi connectivity index (χ1v) is 9.59. The molecule has 0 atom stereocenters. The molecule has 0 unspecified atom stereocenters. The molecule has 4 rings (SSSR count). The minimum Gasteiger partial charge on any atom is -0.478 e. The number of fused-ring (bicyclic) bond motifs is 1. The molecule has 30 heavy (non-hydrogen) atoms. The molecule has 0 amide bonds. The molecule has 0 bridgehead atoms. The van der Waals surface area contributed by atoms with Crippen LogP contribution in [0.4, 0.5) is 0 Å². The number of aromatic amines is 1. The molecule has 2 aromatic carbocycles. The SMILES string of the molecule is CCC(=C(c1ccc(C=CC(=O)O)cc1)c1ccc2[nH]ncc2c1)c1cncnc1. The third-order valence-corrected chi connectivity index (χ3v) is 4.91. The maximum Gasteiger partial charge on any atom is 0.328 e. The zero-order chi connectivity index (χ0) is 20.9. The van der Waals surface area contributed by atoms with Crippen LogP contribution in [0.2, 0.25) is 0 Å². The average molecular weight is 396 g/mol. The van der Waals surface area contributed by atoms with Crippen LogP contribution >= 0.6 is 0 Å². The van der Waals surface area contributed by atoms with Gasteiger partial charge in [-0.3, -0.25) is 5.10 Å². The number of hydrogen-bond donors (Lipinski definition) is 2. The first kappa shape index (κ1) is 19.3. The lowest BCUT2D eigenvalue weighted by Crippen LogP contribution is -1.96. The van der Waals surface area contributed by atoms with Gasteiger partial charge >= 0.3 is 5.97 Å². The van der Waals surface area contributed by atoms with Gasteiger partial charge < -0.3 is 5.11 Å². The minimum atomic E-state index is -0.967. The van der Waals surface area contributed by atoms with Crippen molar-refractivity contribution in [1.29, 1.82) is 0 Å². The highest BCUT2D eigenvalue weighted by Gasteiger charge is 2.14. The van der Waals surface area contributed by atoms with Gasteiger partial charge in [0.2, 0.25) is 0 Å². The number of aliphatic carboxylic acids is 1. The summed E-state index contributed by atoms with van der Waals surface area (Å²) >= 11 is 0. The van der Waals surface area contributed by atoms with E-state index in [0.29, 0.717) is 0 Å². The molecule has 2 heterocycles. The summed E-state index contributed by atoms with van der Waals surface area (Å²) in [5.74, 6) is -0.967. The molecule has 0 radical (unpaired) electrons. The second-order valence-electron chi connectivity index (χ2n) is 6.80. The first-order valence-electron chi connectivity index (χ1n) is 9.59. The summed E-state index contributed by atoms with van der Waals surface area (Å²) < 4.78 is 0. The van der Waals surface area contributed by atoms with Crippen LogP contribution in [0.15, 0.2) is 73.5 Å². The van der Waals surface area contributed by atoms with Gasteiger partial charge in [-0.15, -0.1) is 0 Å². The third kappa shape index (κ3) is 4.03. The molecule has 0 saturated carbocycles. The average Bonchev–Trinajstić information content (AvgIpc) is 3.25. The number of H-pyrrole nitrogens is 1. The van der Waals surface area contributed by atoms with Gasteiger partial charge in [-0.05, 0) is 52.5 Å². The van der Waals surface area contributed by atoms with E-state index in [4.69, 9.17) is 5.11 Å². The topological polar surface area (TPSA) is 91.8 Å². The van der Waals surface area contributed by atoms with E-state index in [2.05, 4.69) is 39.2 Å². The Labute approximate surface area is 173 Å². The van der Waals surface area contributed by atoms with Crippen molar-refractivity contribution < 1.29 is 9.90 Å². The maximum atomic E-state index is 10.8. The number of allylic oxidation sites excluding steroid dienone is 1. The van der Waals surface area contributed by atoms with Gasteiger partial charge in [-0.1, -0.05) is 37.3 Å². The van der Waals surface area contributed by atoms with E-state index in [1.807, 2.05) is 48.9 Å². The number of carboxylic acids is 1. The standard InChI is InChI=1S/C24H20N4O2/c1-2-21(20-12-25-15-26-13-20)24(18-8-9-22-19(11-18)14-27-28-22)17-6-3-16(4-7-17)5-10-23(29)30/h3-15H,2H2,1H3,(H,27,28)(H,29,30). The highest BCUT2D eigenvalue weighted by molar-refractivity contribution is 6.00. The second kappa shape index (κ2) is 8.53. The van der Waals surface area contributed by atoms with Crippen LogP contribution in [0.3, 0.4) is 0 Å². The number of carboxylic acid groups (broad SMARTS) is 1. The van der Waals surface area contributed by atoms with Crippen LogP contribution in [0.5, 0.6) is 0 Å². The summed E-state index contributed by atoms with van der Waals surface area (Å²) in [5, 5.41) is 17.0. The van der Waals surface area contributed by atoms with Crippen molar-refractivity contribution in [2.75, 3.05) is 0 Å². The number of benzene rings is 2. The van der Waals surface area contributed by atoms with Crippen LogP contribution in [0.25, 0.3) is 28.1 Å². The van der Waals surface area contributed by atoms with E-state index in [1.165, 1.54) is 6.33 Å². The Balaban J connectivity index is 1.89. The summed E-state index contributed by atoms with van der Waals surface area (Å²) in [5.41, 5.74) is 7.10. The fourth-order valence-electron chi connectivity index (χ4n) is 3.52. The smallest absolute Gasteiger partial charge is 0.328 e. The second-order valence-corrected chi connectivity index (χ2v) is 6.80. The van der Waals surface area contributed by atoms with E-state index < -0.39 is 5.97 Å². The lowest BCUT2D eigenvalue weighted by Gasteiger charge is -2.16. The number of nitrogens with zero attached hydrogens (tertiary/aromatic N) is 3. The molecule has 4 aromatic rings. The van der Waals surface area contributed by atoms with Crippen LogP contribution in [-0.2, 0) is 4.79 Å². The summed E-state index contributed by atoms with van der Waals surface area (Å²) in [4.78, 5) is 19.2. The Morgan fingerprint density at radius 3 is 2.43 bits per heavy atom. The Bertz CT molecular complexity index is 1240. The van der Waals surface area contributed by atoms with Crippen molar-refractivity contribution in [2.45, 2.75) is 13.3 Å². The summed E-state index contributed by atoms with van der Waals surface area (Å²) in [6.45, 7) is 2.11. The Hall–Kier alpha value is -4.06. The molecule has 6 heteroatoms. The van der Waals surface area contributed by atoms with Crippen molar-refractivity contribution in [3.8, 4) is 0 Å². The van der Waals surface area contributed by atoms with Crippen LogP contribution in [0, 0.1) is 0 Å². The third-order valence-electron chi connectivity index (χ3n) is 4.91. The predicted molar refractivity (Wildman–Crippen MR) is 117 cm³/mol. The van der Waals surface area contributed by atoms with Crippen molar-refractivity contribution in [3.05, 3.63) is 95.7 Å². The first-order chi connectivity index (χ1) is 14.7. The molecule has 2 aromatic heterocycles. The van der Waals surface area contributed by atoms with Gasteiger partial charge in [0.05, 0.1) is 11.7 Å². The number of hydrogen-bond acceptors (Lipinski definition) is 4. The molecular weight excluding hydrogens is 376 g/mol. The monoisotopic (exact) mass is 396 g/mol. The lowest BCUT2D eigenvalue weighted by molar-refractivity contribution is -0.131. The van der Waals surface area contributed by atoms with Gasteiger partial charge in [0, 0.05) is 29.4 Å². The largest absolute Gasteiger partial charge is 0.478 e. The Morgan fingerprint density at radius 1 is 1.00 bits per heavy atom. The summed E-state index contributed by atoms with van der Waals surface area (Å²) in [6, 6.07) is 14.1. The van der Waals surface area contributed by atoms with Crippen molar-refractivity contribution in [3.63, 3.8) is 0 Å². The fraction of sp³-hybridized carbons (Fsp3) is 0.0833.